The highest BCUT2D eigenvalue weighted by atomic mass is 35.5. The van der Waals surface area contributed by atoms with Crippen molar-refractivity contribution < 1.29 is 29.0 Å². The van der Waals surface area contributed by atoms with Crippen LogP contribution >= 0.6 is 11.6 Å². The zero-order valence-electron chi connectivity index (χ0n) is 23.6. The highest BCUT2D eigenvalue weighted by molar-refractivity contribution is 6.30. The number of fused-ring (bicyclic) bond motifs is 1. The first-order valence-electron chi connectivity index (χ1n) is 14.1. The molecule has 224 valence electrons. The number of carboxylic acid groups (broad SMARTS) is 1. The molecule has 4 rings (SSSR count). The first-order chi connectivity index (χ1) is 20.8. The number of hydrogen-bond acceptors (Lipinski definition) is 5. The second-order valence-corrected chi connectivity index (χ2v) is 10.6. The van der Waals surface area contributed by atoms with Crippen molar-refractivity contribution in [3.05, 3.63) is 113 Å². The zero-order chi connectivity index (χ0) is 30.6. The molecule has 0 fully saturated rings. The molecule has 3 aromatic carbocycles. The van der Waals surface area contributed by atoms with E-state index >= 15 is 0 Å². The summed E-state index contributed by atoms with van der Waals surface area (Å²) in [4.78, 5) is 53.9. The van der Waals surface area contributed by atoms with E-state index in [9.17, 15) is 24.3 Å². The molecule has 0 saturated heterocycles. The number of halogens is 1. The van der Waals surface area contributed by atoms with Crippen molar-refractivity contribution in [1.82, 2.24) is 15.5 Å². The van der Waals surface area contributed by atoms with Gasteiger partial charge >= 0.3 is 5.97 Å². The van der Waals surface area contributed by atoms with Crippen molar-refractivity contribution >= 4 is 35.3 Å². The van der Waals surface area contributed by atoms with Crippen LogP contribution in [0.1, 0.15) is 34.3 Å². The third-order valence-corrected chi connectivity index (χ3v) is 7.28. The second-order valence-electron chi connectivity index (χ2n) is 10.2. The topological polar surface area (TPSA) is 125 Å². The van der Waals surface area contributed by atoms with Crippen LogP contribution in [0.15, 0.2) is 91.0 Å². The molecular weight excluding hydrogens is 570 g/mol. The van der Waals surface area contributed by atoms with E-state index in [0.29, 0.717) is 18.0 Å². The standard InChI is InChI=1S/C33H34ClN3O6/c34-25-13-14-26-29(22-25)43-20-8-7-18-37(19-17-23-9-3-1-4-10-23)30(38)16-15-27(33(41)42)35-32(40)28(36-31(26)39)21-24-11-5-2-6-12-24/h1-14,22,27-28H,15-21H2,(H,35,40)(H,36,39)(H,41,42)/b8-7+/t27-,28+/m0/s1. The summed E-state index contributed by atoms with van der Waals surface area (Å²) in [6, 6.07) is 20.9. The molecular formula is C33H34ClN3O6. The van der Waals surface area contributed by atoms with Gasteiger partial charge in [0.25, 0.3) is 5.91 Å². The van der Waals surface area contributed by atoms with Crippen LogP contribution in [-0.4, -0.2) is 65.5 Å². The summed E-state index contributed by atoms with van der Waals surface area (Å²) in [7, 11) is 0. The van der Waals surface area contributed by atoms with Gasteiger partial charge in [0.05, 0.1) is 5.56 Å². The lowest BCUT2D eigenvalue weighted by Crippen LogP contribution is -2.52. The summed E-state index contributed by atoms with van der Waals surface area (Å²) >= 11 is 6.19. The lowest BCUT2D eigenvalue weighted by molar-refractivity contribution is -0.142. The Labute approximate surface area is 255 Å². The minimum Gasteiger partial charge on any atom is -0.489 e. The van der Waals surface area contributed by atoms with Crippen molar-refractivity contribution in [2.75, 3.05) is 19.7 Å². The molecule has 3 amide bonds. The number of carboxylic acids is 1. The summed E-state index contributed by atoms with van der Waals surface area (Å²) in [6.45, 7) is 0.811. The lowest BCUT2D eigenvalue weighted by atomic mass is 10.0. The molecule has 0 saturated carbocycles. The number of nitrogens with zero attached hydrogens (tertiary/aromatic N) is 1. The van der Waals surface area contributed by atoms with Crippen molar-refractivity contribution in [2.45, 2.75) is 37.8 Å². The smallest absolute Gasteiger partial charge is 0.326 e. The number of aliphatic carboxylic acids is 1. The largest absolute Gasteiger partial charge is 0.489 e. The Morgan fingerprint density at radius 3 is 2.33 bits per heavy atom. The Morgan fingerprint density at radius 1 is 0.930 bits per heavy atom. The number of hydrogen-bond donors (Lipinski definition) is 3. The summed E-state index contributed by atoms with van der Waals surface area (Å²) in [5.74, 6) is -2.55. The van der Waals surface area contributed by atoms with Crippen LogP contribution in [0.2, 0.25) is 5.02 Å². The number of carbonyl (C=O) groups excluding carboxylic acids is 3. The first-order valence-corrected chi connectivity index (χ1v) is 14.4. The molecule has 1 aliphatic rings. The Kier molecular flexibility index (Phi) is 11.3. The van der Waals surface area contributed by atoms with Gasteiger partial charge in [-0.05, 0) is 48.2 Å². The monoisotopic (exact) mass is 603 g/mol. The Balaban J connectivity index is 1.61. The summed E-state index contributed by atoms with van der Waals surface area (Å²) in [6.07, 6.45) is 4.07. The van der Waals surface area contributed by atoms with E-state index in [1.807, 2.05) is 48.5 Å². The molecule has 3 N–H and O–H groups in total. The minimum atomic E-state index is -1.33. The van der Waals surface area contributed by atoms with Gasteiger partial charge in [0.2, 0.25) is 11.8 Å². The van der Waals surface area contributed by atoms with Gasteiger partial charge < -0.3 is 25.4 Å². The number of nitrogens with one attached hydrogen (secondary N) is 2. The van der Waals surface area contributed by atoms with Gasteiger partial charge in [-0.25, -0.2) is 4.79 Å². The SMILES string of the molecule is O=C1N[C@H](Cc2ccccc2)C(=O)N[C@H](C(=O)O)CCC(=O)N(CCc2ccccc2)C/C=C/COc2cc(Cl)ccc21. The number of carbonyl (C=O) groups is 4. The third kappa shape index (κ3) is 9.44. The molecule has 0 aromatic heterocycles. The van der Waals surface area contributed by atoms with Crippen LogP contribution in [-0.2, 0) is 27.2 Å². The Bertz CT molecular complexity index is 1450. The van der Waals surface area contributed by atoms with E-state index in [4.69, 9.17) is 16.3 Å². The van der Waals surface area contributed by atoms with Crippen LogP contribution in [0.4, 0.5) is 0 Å². The van der Waals surface area contributed by atoms with Gasteiger partial charge in [-0.15, -0.1) is 0 Å². The molecule has 2 atom stereocenters. The van der Waals surface area contributed by atoms with Crippen LogP contribution in [0.3, 0.4) is 0 Å². The number of rotatable bonds is 6. The van der Waals surface area contributed by atoms with Gasteiger partial charge in [0.15, 0.2) is 0 Å². The van der Waals surface area contributed by atoms with Crippen LogP contribution in [0.25, 0.3) is 0 Å². The Hall–Kier alpha value is -4.63. The normalized spacial score (nSPS) is 19.3. The molecule has 10 heteroatoms. The highest BCUT2D eigenvalue weighted by Crippen LogP contribution is 2.24. The second kappa shape index (κ2) is 15.6. The van der Waals surface area contributed by atoms with E-state index < -0.39 is 29.9 Å². The molecule has 1 aliphatic heterocycles. The third-order valence-electron chi connectivity index (χ3n) is 7.05. The van der Waals surface area contributed by atoms with Crippen molar-refractivity contribution in [2.24, 2.45) is 0 Å². The fourth-order valence-corrected chi connectivity index (χ4v) is 4.85. The van der Waals surface area contributed by atoms with Gasteiger partial charge in [0.1, 0.15) is 24.4 Å². The summed E-state index contributed by atoms with van der Waals surface area (Å²) in [5, 5.41) is 15.5. The molecule has 0 aliphatic carbocycles. The summed E-state index contributed by atoms with van der Waals surface area (Å²) < 4.78 is 5.87. The average Bonchev–Trinajstić information content (AvgIpc) is 3.00. The molecule has 43 heavy (non-hydrogen) atoms. The van der Waals surface area contributed by atoms with Gasteiger partial charge in [-0.1, -0.05) is 78.3 Å². The molecule has 0 spiro atoms. The fraction of sp³-hybridized carbons (Fsp3) is 0.273. The van der Waals surface area contributed by atoms with Gasteiger partial charge in [-0.2, -0.15) is 0 Å². The van der Waals surface area contributed by atoms with Crippen molar-refractivity contribution in [1.29, 1.82) is 0 Å². The highest BCUT2D eigenvalue weighted by Gasteiger charge is 2.29. The maximum Gasteiger partial charge on any atom is 0.326 e. The van der Waals surface area contributed by atoms with E-state index in [1.165, 1.54) is 12.1 Å². The quantitative estimate of drug-likeness (QED) is 0.365. The molecule has 0 radical (unpaired) electrons. The minimum absolute atomic E-state index is 0.0873. The predicted octanol–water partition coefficient (Wildman–Crippen LogP) is 4.05. The lowest BCUT2D eigenvalue weighted by Gasteiger charge is -2.24. The van der Waals surface area contributed by atoms with Crippen molar-refractivity contribution in [3.8, 4) is 5.75 Å². The van der Waals surface area contributed by atoms with E-state index in [2.05, 4.69) is 10.6 Å². The molecule has 0 bridgehead atoms. The predicted molar refractivity (Wildman–Crippen MR) is 163 cm³/mol. The van der Waals surface area contributed by atoms with E-state index in [-0.39, 0.29) is 49.6 Å². The molecule has 3 aromatic rings. The van der Waals surface area contributed by atoms with Crippen LogP contribution in [0.5, 0.6) is 5.75 Å². The van der Waals surface area contributed by atoms with Gasteiger partial charge in [-0.3, -0.25) is 14.4 Å². The number of ether oxygens (including phenoxy) is 1. The zero-order valence-corrected chi connectivity index (χ0v) is 24.3. The van der Waals surface area contributed by atoms with Crippen LogP contribution in [0, 0.1) is 0 Å². The average molecular weight is 604 g/mol. The van der Waals surface area contributed by atoms with Crippen LogP contribution < -0.4 is 15.4 Å². The molecule has 0 unspecified atom stereocenters. The van der Waals surface area contributed by atoms with E-state index in [1.54, 1.807) is 35.3 Å². The first kappa shape index (κ1) is 31.3. The van der Waals surface area contributed by atoms with Crippen molar-refractivity contribution in [3.63, 3.8) is 0 Å². The molecule has 1 heterocycles. The van der Waals surface area contributed by atoms with E-state index in [0.717, 1.165) is 11.1 Å². The maximum absolute atomic E-state index is 13.5. The fourth-order valence-electron chi connectivity index (χ4n) is 4.69. The molecule has 9 nitrogen and oxygen atoms in total. The van der Waals surface area contributed by atoms with Gasteiger partial charge in [0, 0.05) is 31.0 Å². The maximum atomic E-state index is 13.5. The number of benzene rings is 3. The Morgan fingerprint density at radius 2 is 1.63 bits per heavy atom. The summed E-state index contributed by atoms with van der Waals surface area (Å²) in [5.41, 5.74) is 2.00. The number of amides is 3.